The van der Waals surface area contributed by atoms with E-state index in [4.69, 9.17) is 11.6 Å². The van der Waals surface area contributed by atoms with Crippen LogP contribution in [0.25, 0.3) is 6.08 Å². The van der Waals surface area contributed by atoms with Gasteiger partial charge in [-0.2, -0.15) is 0 Å². The summed E-state index contributed by atoms with van der Waals surface area (Å²) >= 11 is 6.68. The molecule has 0 N–H and O–H groups in total. The molecule has 58 valence electrons. The van der Waals surface area contributed by atoms with Crippen molar-refractivity contribution < 1.29 is 4.92 Å². The Bertz CT molecular complexity index is 281. The molecule has 0 fully saturated rings. The fraction of sp³-hybridized carbons (Fsp3) is 0. The van der Waals surface area contributed by atoms with Gasteiger partial charge in [0.05, 0.1) is 4.92 Å². The van der Waals surface area contributed by atoms with E-state index in [1.54, 1.807) is 12.1 Å². The molecular formula is C6H4ClNO2S. The van der Waals surface area contributed by atoms with E-state index < -0.39 is 4.92 Å². The Balaban J connectivity index is 2.82. The standard InChI is InChI=1S/C6H4ClNO2S/c7-6(8(9)10)4-5-2-1-3-11-5/h1-4H/b6-4+. The van der Waals surface area contributed by atoms with Crippen LogP contribution >= 0.6 is 22.9 Å². The second-order valence-corrected chi connectivity index (χ2v) is 3.11. The van der Waals surface area contributed by atoms with E-state index in [1.807, 2.05) is 5.38 Å². The highest BCUT2D eigenvalue weighted by atomic mass is 35.5. The third-order valence-corrected chi connectivity index (χ3v) is 2.05. The van der Waals surface area contributed by atoms with Crippen molar-refractivity contribution in [3.63, 3.8) is 0 Å². The van der Waals surface area contributed by atoms with Crippen LogP contribution in [0, 0.1) is 10.1 Å². The zero-order chi connectivity index (χ0) is 8.27. The Kier molecular flexibility index (Phi) is 2.62. The third kappa shape index (κ3) is 2.32. The maximum absolute atomic E-state index is 10.0. The van der Waals surface area contributed by atoms with Gasteiger partial charge in [-0.25, -0.2) is 0 Å². The molecule has 0 aromatic carbocycles. The SMILES string of the molecule is O=[N+]([O-])/C(Cl)=C/c1cccs1. The molecule has 1 aromatic heterocycles. The van der Waals surface area contributed by atoms with E-state index >= 15 is 0 Å². The zero-order valence-corrected chi connectivity index (χ0v) is 6.93. The van der Waals surface area contributed by atoms with E-state index in [-0.39, 0.29) is 5.16 Å². The molecule has 0 aliphatic rings. The topological polar surface area (TPSA) is 43.1 Å². The van der Waals surface area contributed by atoms with Crippen molar-refractivity contribution >= 4 is 29.0 Å². The lowest BCUT2D eigenvalue weighted by Crippen LogP contribution is -1.89. The van der Waals surface area contributed by atoms with Crippen molar-refractivity contribution in [1.82, 2.24) is 0 Å². The smallest absolute Gasteiger partial charge is 0.257 e. The molecule has 0 spiro atoms. The van der Waals surface area contributed by atoms with Crippen LogP contribution in [0.15, 0.2) is 22.7 Å². The van der Waals surface area contributed by atoms with Crippen LogP contribution < -0.4 is 0 Å². The number of hydrogen-bond donors (Lipinski definition) is 0. The number of rotatable bonds is 2. The summed E-state index contributed by atoms with van der Waals surface area (Å²) in [5.74, 6) is 0. The minimum absolute atomic E-state index is 0.354. The van der Waals surface area contributed by atoms with E-state index in [2.05, 4.69) is 0 Å². The van der Waals surface area contributed by atoms with Crippen LogP contribution in [0.1, 0.15) is 4.88 Å². The van der Waals surface area contributed by atoms with Gasteiger partial charge in [0.25, 0.3) is 0 Å². The Morgan fingerprint density at radius 1 is 1.82 bits per heavy atom. The van der Waals surface area contributed by atoms with Crippen LogP contribution in [0.3, 0.4) is 0 Å². The van der Waals surface area contributed by atoms with E-state index in [1.165, 1.54) is 17.4 Å². The second kappa shape index (κ2) is 3.50. The third-order valence-electron chi connectivity index (χ3n) is 0.979. The average molecular weight is 190 g/mol. The van der Waals surface area contributed by atoms with Crippen LogP contribution in [0.2, 0.25) is 0 Å². The van der Waals surface area contributed by atoms with Gasteiger partial charge in [-0.15, -0.1) is 11.3 Å². The predicted octanol–water partition coefficient (Wildman–Crippen LogP) is 2.56. The maximum Gasteiger partial charge on any atom is 0.338 e. The van der Waals surface area contributed by atoms with Gasteiger partial charge in [0.2, 0.25) is 0 Å². The summed E-state index contributed by atoms with van der Waals surface area (Å²) < 4.78 is 0. The van der Waals surface area contributed by atoms with Crippen molar-refractivity contribution in [3.05, 3.63) is 37.7 Å². The first-order valence-electron chi connectivity index (χ1n) is 2.75. The monoisotopic (exact) mass is 189 g/mol. The molecule has 0 bridgehead atoms. The van der Waals surface area contributed by atoms with Crippen molar-refractivity contribution in [2.45, 2.75) is 0 Å². The first-order valence-corrected chi connectivity index (χ1v) is 4.01. The minimum Gasteiger partial charge on any atom is -0.257 e. The lowest BCUT2D eigenvalue weighted by atomic mass is 10.4. The Morgan fingerprint density at radius 3 is 3.00 bits per heavy atom. The second-order valence-electron chi connectivity index (χ2n) is 1.74. The molecular weight excluding hydrogens is 186 g/mol. The number of thiophene rings is 1. The molecule has 1 aromatic rings. The summed E-state index contributed by atoms with van der Waals surface area (Å²) in [6.07, 6.45) is 1.33. The summed E-state index contributed by atoms with van der Waals surface area (Å²) in [4.78, 5) is 10.2. The molecule has 1 heterocycles. The molecule has 11 heavy (non-hydrogen) atoms. The summed E-state index contributed by atoms with van der Waals surface area (Å²) in [5.41, 5.74) is 0. The van der Waals surface area contributed by atoms with Gasteiger partial charge < -0.3 is 0 Å². The number of nitrogens with zero attached hydrogens (tertiary/aromatic N) is 1. The van der Waals surface area contributed by atoms with Crippen LogP contribution in [0.5, 0.6) is 0 Å². The molecule has 0 aliphatic heterocycles. The summed E-state index contributed by atoms with van der Waals surface area (Å²) in [6.45, 7) is 0. The van der Waals surface area contributed by atoms with Gasteiger partial charge >= 0.3 is 5.16 Å². The Labute approximate surface area is 72.1 Å². The largest absolute Gasteiger partial charge is 0.338 e. The lowest BCUT2D eigenvalue weighted by molar-refractivity contribution is -0.410. The quantitative estimate of drug-likeness (QED) is 0.408. The van der Waals surface area contributed by atoms with Gasteiger partial charge in [0.1, 0.15) is 0 Å². The molecule has 1 rings (SSSR count). The van der Waals surface area contributed by atoms with Crippen LogP contribution in [0.4, 0.5) is 0 Å². The molecule has 0 aliphatic carbocycles. The highest BCUT2D eigenvalue weighted by Crippen LogP contribution is 2.15. The molecule has 5 heteroatoms. The molecule has 0 radical (unpaired) electrons. The van der Waals surface area contributed by atoms with Crippen LogP contribution in [-0.2, 0) is 0 Å². The van der Waals surface area contributed by atoms with E-state index in [9.17, 15) is 10.1 Å². The van der Waals surface area contributed by atoms with Crippen LogP contribution in [-0.4, -0.2) is 4.92 Å². The highest BCUT2D eigenvalue weighted by molar-refractivity contribution is 7.10. The van der Waals surface area contributed by atoms with E-state index in [0.717, 1.165) is 4.88 Å². The number of nitro groups is 1. The fourth-order valence-corrected chi connectivity index (χ4v) is 1.38. The number of halogens is 1. The molecule has 0 amide bonds. The average Bonchev–Trinajstić information content (AvgIpc) is 2.39. The first-order chi connectivity index (χ1) is 5.20. The molecule has 3 nitrogen and oxygen atoms in total. The Morgan fingerprint density at radius 2 is 2.55 bits per heavy atom. The van der Waals surface area contributed by atoms with E-state index in [0.29, 0.717) is 0 Å². The zero-order valence-electron chi connectivity index (χ0n) is 5.36. The van der Waals surface area contributed by atoms with Gasteiger partial charge in [0.15, 0.2) is 0 Å². The highest BCUT2D eigenvalue weighted by Gasteiger charge is 2.04. The van der Waals surface area contributed by atoms with Gasteiger partial charge in [0, 0.05) is 11.0 Å². The van der Waals surface area contributed by atoms with Gasteiger partial charge in [-0.1, -0.05) is 6.07 Å². The maximum atomic E-state index is 10.0. The lowest BCUT2D eigenvalue weighted by Gasteiger charge is -1.83. The summed E-state index contributed by atoms with van der Waals surface area (Å²) in [7, 11) is 0. The van der Waals surface area contributed by atoms with Gasteiger partial charge in [-0.05, 0) is 23.0 Å². The summed E-state index contributed by atoms with van der Waals surface area (Å²) in [5, 5.41) is 11.5. The number of hydrogen-bond acceptors (Lipinski definition) is 3. The molecule has 0 saturated carbocycles. The predicted molar refractivity (Wildman–Crippen MR) is 45.1 cm³/mol. The molecule has 0 saturated heterocycles. The van der Waals surface area contributed by atoms with Gasteiger partial charge in [-0.3, -0.25) is 10.1 Å². The molecule has 0 atom stereocenters. The summed E-state index contributed by atoms with van der Waals surface area (Å²) in [6, 6.07) is 3.57. The normalized spacial score (nSPS) is 11.5. The van der Waals surface area contributed by atoms with Crippen molar-refractivity contribution in [1.29, 1.82) is 0 Å². The van der Waals surface area contributed by atoms with Crippen molar-refractivity contribution in [2.75, 3.05) is 0 Å². The van der Waals surface area contributed by atoms with Crippen molar-refractivity contribution in [3.8, 4) is 0 Å². The Hall–Kier alpha value is -0.870. The fourth-order valence-electron chi connectivity index (χ4n) is 0.543. The molecule has 0 unspecified atom stereocenters. The minimum atomic E-state index is -0.624. The van der Waals surface area contributed by atoms with Crippen molar-refractivity contribution in [2.24, 2.45) is 0 Å². The first kappa shape index (κ1) is 8.23.